The van der Waals surface area contributed by atoms with Crippen LogP contribution in [0.15, 0.2) is 85.1 Å². The number of anilines is 2. The molecule has 3 heterocycles. The van der Waals surface area contributed by atoms with Gasteiger partial charge in [-0.2, -0.15) is 18.3 Å². The van der Waals surface area contributed by atoms with Crippen LogP contribution in [0.1, 0.15) is 69.4 Å². The van der Waals surface area contributed by atoms with Crippen LogP contribution in [0.4, 0.5) is 29.5 Å². The Kier molecular flexibility index (Phi) is 15.5. The Morgan fingerprint density at radius 1 is 0.930 bits per heavy atom. The van der Waals surface area contributed by atoms with Crippen molar-refractivity contribution in [1.29, 1.82) is 0 Å². The van der Waals surface area contributed by atoms with Gasteiger partial charge in [-0.25, -0.2) is 9.48 Å². The van der Waals surface area contributed by atoms with Gasteiger partial charge >= 0.3 is 12.3 Å². The number of nitrogens with two attached hydrogens (primary N) is 1. The van der Waals surface area contributed by atoms with E-state index in [0.29, 0.717) is 42.5 Å². The number of aromatic nitrogens is 2. The highest BCUT2D eigenvalue weighted by molar-refractivity contribution is 6.04. The Morgan fingerprint density at radius 2 is 1.61 bits per heavy atom. The number of ether oxygens (including phenoxy) is 2. The van der Waals surface area contributed by atoms with Crippen molar-refractivity contribution in [2.24, 2.45) is 0 Å². The third kappa shape index (κ3) is 12.5. The maximum absolute atomic E-state index is 13.5. The van der Waals surface area contributed by atoms with Crippen LogP contribution in [0.3, 0.4) is 0 Å². The number of carbonyl (C=O) groups excluding carboxylic acids is 3. The molecule has 2 aliphatic heterocycles. The van der Waals surface area contributed by atoms with E-state index >= 15 is 0 Å². The number of nitrogens with one attached hydrogen (secondary N) is 1. The molecule has 1 saturated heterocycles. The zero-order valence-corrected chi connectivity index (χ0v) is 33.5. The van der Waals surface area contributed by atoms with Crippen LogP contribution in [0, 0.1) is 0 Å². The molecule has 0 spiro atoms. The highest BCUT2D eigenvalue weighted by Gasteiger charge is 2.37. The fourth-order valence-electron chi connectivity index (χ4n) is 6.21. The first-order chi connectivity index (χ1) is 27.1. The molecular formula is C42H54F3N7O5. The lowest BCUT2D eigenvalue weighted by molar-refractivity contribution is -0.137. The fourth-order valence-corrected chi connectivity index (χ4v) is 6.21. The summed E-state index contributed by atoms with van der Waals surface area (Å²) in [6.45, 7) is 15.7. The molecule has 3 N–H and O–H groups in total. The minimum atomic E-state index is -4.59. The first-order valence-corrected chi connectivity index (χ1v) is 19.2. The lowest BCUT2D eigenvalue weighted by Crippen LogP contribution is -2.53. The first kappa shape index (κ1) is 44.1. The summed E-state index contributed by atoms with van der Waals surface area (Å²) in [4.78, 5) is 44.2. The topological polar surface area (TPSA) is 135 Å². The molecule has 3 aromatic carbocycles. The normalized spacial score (nSPS) is 15.7. The van der Waals surface area contributed by atoms with Gasteiger partial charge in [-0.1, -0.05) is 44.2 Å². The Labute approximate surface area is 332 Å². The number of alkyl halides is 3. The van der Waals surface area contributed by atoms with Crippen molar-refractivity contribution in [1.82, 2.24) is 24.9 Å². The van der Waals surface area contributed by atoms with Gasteiger partial charge in [-0.05, 0) is 76.6 Å². The van der Waals surface area contributed by atoms with Gasteiger partial charge in [-0.3, -0.25) is 19.4 Å². The Balaban J connectivity index is 0.000000712. The van der Waals surface area contributed by atoms with E-state index in [1.165, 1.54) is 11.0 Å². The lowest BCUT2D eigenvalue weighted by Gasteiger charge is -2.35. The minimum Gasteiger partial charge on any atom is -0.493 e. The number of carbonyl (C=O) groups is 3. The molecule has 4 aromatic rings. The van der Waals surface area contributed by atoms with E-state index < -0.39 is 29.3 Å². The zero-order valence-electron chi connectivity index (χ0n) is 33.5. The highest BCUT2D eigenvalue weighted by atomic mass is 19.4. The van der Waals surface area contributed by atoms with Crippen molar-refractivity contribution in [2.75, 3.05) is 56.5 Å². The van der Waals surface area contributed by atoms with E-state index in [-0.39, 0.29) is 30.5 Å². The molecule has 0 bridgehead atoms. The second-order valence-corrected chi connectivity index (χ2v) is 14.2. The van der Waals surface area contributed by atoms with E-state index in [0.717, 1.165) is 49.9 Å². The Morgan fingerprint density at radius 3 is 2.23 bits per heavy atom. The van der Waals surface area contributed by atoms with Gasteiger partial charge in [0.25, 0.3) is 11.8 Å². The largest absolute Gasteiger partial charge is 0.493 e. The summed E-state index contributed by atoms with van der Waals surface area (Å²) in [6, 6.07) is 20.0. The van der Waals surface area contributed by atoms with E-state index in [2.05, 4.69) is 15.3 Å². The van der Waals surface area contributed by atoms with Gasteiger partial charge in [0.15, 0.2) is 0 Å². The predicted molar refractivity (Wildman–Crippen MR) is 215 cm³/mol. The van der Waals surface area contributed by atoms with Crippen molar-refractivity contribution < 1.29 is 37.0 Å². The van der Waals surface area contributed by atoms with Gasteiger partial charge in [0.2, 0.25) is 0 Å². The molecule has 0 aliphatic carbocycles. The summed E-state index contributed by atoms with van der Waals surface area (Å²) in [7, 11) is 0. The molecule has 0 radical (unpaired) electrons. The summed E-state index contributed by atoms with van der Waals surface area (Å²) in [5, 5.41) is 7.15. The molecular weight excluding hydrogens is 739 g/mol. The number of piperazine rings is 1. The number of halogens is 3. The van der Waals surface area contributed by atoms with Crippen molar-refractivity contribution in [3.8, 4) is 11.4 Å². The highest BCUT2D eigenvalue weighted by Crippen LogP contribution is 2.32. The molecule has 15 heteroatoms. The van der Waals surface area contributed by atoms with E-state index in [4.69, 9.17) is 15.2 Å². The van der Waals surface area contributed by atoms with Crippen LogP contribution < -0.4 is 20.7 Å². The van der Waals surface area contributed by atoms with Crippen LogP contribution in [-0.2, 0) is 22.1 Å². The number of benzene rings is 3. The number of likely N-dealkylation sites (N-methyl/N-ethyl adjacent to an activating group) is 1. The van der Waals surface area contributed by atoms with Gasteiger partial charge in [0, 0.05) is 68.6 Å². The number of hydrogen-bond acceptors (Lipinski definition) is 8. The number of rotatable bonds is 9. The average molecular weight is 794 g/mol. The van der Waals surface area contributed by atoms with E-state index in [1.54, 1.807) is 22.7 Å². The summed E-state index contributed by atoms with van der Waals surface area (Å²) < 4.78 is 52.7. The molecule has 2 aliphatic rings. The van der Waals surface area contributed by atoms with Crippen LogP contribution in [0.25, 0.3) is 5.69 Å². The molecule has 3 amide bonds. The van der Waals surface area contributed by atoms with Gasteiger partial charge < -0.3 is 25.4 Å². The van der Waals surface area contributed by atoms with Crippen molar-refractivity contribution in [2.45, 2.75) is 72.2 Å². The first-order valence-electron chi connectivity index (χ1n) is 19.2. The molecule has 1 unspecified atom stereocenters. The molecule has 1 aromatic heterocycles. The van der Waals surface area contributed by atoms with Crippen molar-refractivity contribution >= 4 is 29.4 Å². The summed E-state index contributed by atoms with van der Waals surface area (Å²) in [5.74, 6) is 0.0586. The number of nitrogen functional groups attached to an aromatic ring is 1. The van der Waals surface area contributed by atoms with Crippen LogP contribution in [0.5, 0.6) is 5.75 Å². The van der Waals surface area contributed by atoms with Crippen LogP contribution in [-0.4, -0.2) is 95.0 Å². The van der Waals surface area contributed by atoms with Crippen molar-refractivity contribution in [3.63, 3.8) is 0 Å². The number of nitrogens with zero attached hydrogens (tertiary/aromatic N) is 5. The van der Waals surface area contributed by atoms with Gasteiger partial charge in [0.05, 0.1) is 24.1 Å². The third-order valence-corrected chi connectivity index (χ3v) is 8.91. The number of hydrogen-bond donors (Lipinski definition) is 2. The second-order valence-electron chi connectivity index (χ2n) is 14.2. The summed E-state index contributed by atoms with van der Waals surface area (Å²) >= 11 is 0. The van der Waals surface area contributed by atoms with Gasteiger partial charge in [0.1, 0.15) is 23.2 Å². The predicted octanol–water partition coefficient (Wildman–Crippen LogP) is 7.22. The minimum absolute atomic E-state index is 0.137. The fraction of sp³-hybridized carbons (Fsp3) is 0.429. The summed E-state index contributed by atoms with van der Waals surface area (Å²) in [5.41, 5.74) is 5.94. The number of amides is 3. The second kappa shape index (κ2) is 20.0. The number of para-hydroxylation sites is 1. The quantitative estimate of drug-likeness (QED) is 0.134. The monoisotopic (exact) mass is 793 g/mol. The SMILES string of the molecule is CC.CCN1C(=O)C(NC(=O)c2cccc(C(F)(F)F)c2)Cc2cnn(-c3cccc(OCCCN4CCN(C(=O)OC(C)(C)C)CC4)c3)c21.Nc1ccccc1. The molecule has 12 nitrogen and oxygen atoms in total. The molecule has 1 fully saturated rings. The Bertz CT molecular complexity index is 1920. The maximum atomic E-state index is 13.5. The van der Waals surface area contributed by atoms with Crippen LogP contribution >= 0.6 is 0 Å². The summed E-state index contributed by atoms with van der Waals surface area (Å²) in [6.07, 6.45) is -2.32. The molecule has 1 atom stereocenters. The molecule has 0 saturated carbocycles. The van der Waals surface area contributed by atoms with Gasteiger partial charge in [-0.15, -0.1) is 0 Å². The lowest BCUT2D eigenvalue weighted by atomic mass is 10.0. The standard InChI is InChI=1S/C34H41F3N6O5.C6H7N.C2H6/c1-5-42-30-24(20-28(31(42)45)39-29(44)23-9-6-10-25(19-23)34(35,36)37)22-38-43(30)26-11-7-12-27(21-26)47-18-8-13-40-14-16-41(17-15-40)32(46)48-33(2,3)4;7-6-4-2-1-3-5-6;1-2/h6-7,9-12,19,21-22,28H,5,8,13-18,20H2,1-4H3,(H,39,44);1-5H,7H2;1-2H3. The van der Waals surface area contributed by atoms with Crippen LogP contribution in [0.2, 0.25) is 0 Å². The average Bonchev–Trinajstić information content (AvgIpc) is 3.61. The molecule has 57 heavy (non-hydrogen) atoms. The smallest absolute Gasteiger partial charge is 0.416 e. The van der Waals surface area contributed by atoms with E-state index in [1.807, 2.05) is 89.2 Å². The molecule has 6 rings (SSSR count). The third-order valence-electron chi connectivity index (χ3n) is 8.91. The zero-order chi connectivity index (χ0) is 41.8. The Hall–Kier alpha value is -5.57. The van der Waals surface area contributed by atoms with E-state index in [9.17, 15) is 27.6 Å². The maximum Gasteiger partial charge on any atom is 0.416 e. The number of fused-ring (bicyclic) bond motifs is 1. The molecule has 308 valence electrons. The van der Waals surface area contributed by atoms with Crippen molar-refractivity contribution in [3.05, 3.63) is 102 Å².